The van der Waals surface area contributed by atoms with Gasteiger partial charge < -0.3 is 5.32 Å². The van der Waals surface area contributed by atoms with Crippen LogP contribution in [0.4, 0.5) is 5.69 Å². The van der Waals surface area contributed by atoms with Gasteiger partial charge in [-0.2, -0.15) is 0 Å². The molecule has 1 N–H and O–H groups in total. The van der Waals surface area contributed by atoms with E-state index in [9.17, 15) is 0 Å². The van der Waals surface area contributed by atoms with Crippen molar-refractivity contribution >= 4 is 5.69 Å². The van der Waals surface area contributed by atoms with Crippen LogP contribution in [0.25, 0.3) is 0 Å². The number of aryl methyl sites for hydroxylation is 1. The topological polar surface area (TPSA) is 12.0 Å². The molecule has 0 aromatic heterocycles. The summed E-state index contributed by atoms with van der Waals surface area (Å²) in [5, 5.41) is 3.26. The fraction of sp³-hybridized carbons (Fsp3) is 0.739. The summed E-state index contributed by atoms with van der Waals surface area (Å²) >= 11 is 0. The molecule has 1 radical (unpaired) electrons. The molecule has 0 amide bonds. The first-order valence-corrected chi connectivity index (χ1v) is 10.6. The Bertz CT molecular complexity index is 385. The number of anilines is 1. The van der Waals surface area contributed by atoms with Crippen LogP contribution in [0.1, 0.15) is 102 Å². The van der Waals surface area contributed by atoms with E-state index in [1.807, 2.05) is 13.1 Å². The molecular weight excluding hydrogens is 290 g/mol. The van der Waals surface area contributed by atoms with Crippen molar-refractivity contribution in [3.8, 4) is 0 Å². The molecule has 1 rings (SSSR count). The summed E-state index contributed by atoms with van der Waals surface area (Å²) < 4.78 is 0. The summed E-state index contributed by atoms with van der Waals surface area (Å²) in [5.41, 5.74) is 2.59. The first kappa shape index (κ1) is 21.1. The Morgan fingerprint density at radius 3 is 1.75 bits per heavy atom. The summed E-state index contributed by atoms with van der Waals surface area (Å²) in [6.07, 6.45) is 21.1. The number of hydrogen-bond acceptors (Lipinski definition) is 1. The zero-order valence-electron chi connectivity index (χ0n) is 16.3. The minimum absolute atomic E-state index is 1.16. The van der Waals surface area contributed by atoms with Crippen LogP contribution in [-0.2, 0) is 6.42 Å². The predicted octanol–water partition coefficient (Wildman–Crippen LogP) is 7.55. The normalized spacial score (nSPS) is 10.9. The van der Waals surface area contributed by atoms with Crippen LogP contribution >= 0.6 is 0 Å². The van der Waals surface area contributed by atoms with E-state index < -0.39 is 0 Å². The molecule has 0 aliphatic heterocycles. The summed E-state index contributed by atoms with van der Waals surface area (Å²) in [7, 11) is 2.00. The van der Waals surface area contributed by atoms with Gasteiger partial charge in [-0.3, -0.25) is 0 Å². The molecule has 0 saturated heterocycles. The second-order valence-corrected chi connectivity index (χ2v) is 7.16. The second kappa shape index (κ2) is 15.5. The van der Waals surface area contributed by atoms with E-state index in [1.54, 1.807) is 0 Å². The molecule has 0 fully saturated rings. The van der Waals surface area contributed by atoms with Crippen molar-refractivity contribution in [2.75, 3.05) is 12.4 Å². The number of nitrogens with one attached hydrogen (secondary N) is 1. The minimum Gasteiger partial charge on any atom is -0.388 e. The number of rotatable bonds is 16. The second-order valence-electron chi connectivity index (χ2n) is 7.16. The van der Waals surface area contributed by atoms with E-state index in [-0.39, 0.29) is 0 Å². The lowest BCUT2D eigenvalue weighted by Crippen LogP contribution is -1.95. The van der Waals surface area contributed by atoms with Crippen LogP contribution in [0.3, 0.4) is 0 Å². The standard InChI is InChI=1S/C23H40N/c1-3-4-5-6-7-8-9-10-11-12-13-14-15-16-19-22-20-17-18-21-23(22)24-2/h17-18,21,24H,3-16,19H2,1-2H3. The van der Waals surface area contributed by atoms with Gasteiger partial charge in [0.15, 0.2) is 0 Å². The molecule has 1 aromatic carbocycles. The smallest absolute Gasteiger partial charge is 0.0376 e. The minimum atomic E-state index is 1.16. The maximum Gasteiger partial charge on any atom is 0.0376 e. The summed E-state index contributed by atoms with van der Waals surface area (Å²) in [6, 6.07) is 9.60. The highest BCUT2D eigenvalue weighted by atomic mass is 14.8. The molecular formula is C23H40N. The van der Waals surface area contributed by atoms with Crippen LogP contribution in [0.5, 0.6) is 0 Å². The zero-order chi connectivity index (χ0) is 17.3. The number of hydrogen-bond donors (Lipinski definition) is 1. The molecule has 0 heterocycles. The van der Waals surface area contributed by atoms with E-state index in [0.29, 0.717) is 0 Å². The van der Waals surface area contributed by atoms with Crippen LogP contribution in [0, 0.1) is 6.07 Å². The maximum atomic E-state index is 3.37. The molecule has 137 valence electrons. The Morgan fingerprint density at radius 2 is 1.25 bits per heavy atom. The monoisotopic (exact) mass is 330 g/mol. The Morgan fingerprint density at radius 1 is 0.750 bits per heavy atom. The molecule has 0 spiro atoms. The van der Waals surface area contributed by atoms with E-state index in [2.05, 4.69) is 30.4 Å². The Balaban J connectivity index is 1.84. The predicted molar refractivity (Wildman–Crippen MR) is 109 cm³/mol. The van der Waals surface area contributed by atoms with Gasteiger partial charge in [-0.25, -0.2) is 0 Å². The van der Waals surface area contributed by atoms with Gasteiger partial charge in [0.1, 0.15) is 0 Å². The van der Waals surface area contributed by atoms with E-state index in [4.69, 9.17) is 0 Å². The van der Waals surface area contributed by atoms with Gasteiger partial charge >= 0.3 is 0 Å². The lowest BCUT2D eigenvalue weighted by atomic mass is 10.0. The van der Waals surface area contributed by atoms with Crippen molar-refractivity contribution in [2.24, 2.45) is 0 Å². The molecule has 1 nitrogen and oxygen atoms in total. The quantitative estimate of drug-likeness (QED) is 0.308. The molecule has 0 unspecified atom stereocenters. The summed E-state index contributed by atoms with van der Waals surface area (Å²) in [5.74, 6) is 0. The highest BCUT2D eigenvalue weighted by Gasteiger charge is 2.00. The van der Waals surface area contributed by atoms with Crippen LogP contribution < -0.4 is 5.32 Å². The largest absolute Gasteiger partial charge is 0.388 e. The molecule has 1 heteroatoms. The highest BCUT2D eigenvalue weighted by molar-refractivity contribution is 5.49. The van der Waals surface area contributed by atoms with Crippen molar-refractivity contribution in [1.29, 1.82) is 0 Å². The van der Waals surface area contributed by atoms with Gasteiger partial charge in [0.05, 0.1) is 0 Å². The third-order valence-corrected chi connectivity index (χ3v) is 4.99. The molecule has 1 aromatic rings. The van der Waals surface area contributed by atoms with Gasteiger partial charge in [-0.1, -0.05) is 103 Å². The van der Waals surface area contributed by atoms with Crippen LogP contribution in [-0.4, -0.2) is 7.05 Å². The van der Waals surface area contributed by atoms with Crippen LogP contribution in [0.15, 0.2) is 18.2 Å². The van der Waals surface area contributed by atoms with E-state index >= 15 is 0 Å². The zero-order valence-corrected chi connectivity index (χ0v) is 16.3. The van der Waals surface area contributed by atoms with Gasteiger partial charge in [-0.15, -0.1) is 0 Å². The molecule has 0 atom stereocenters. The van der Waals surface area contributed by atoms with Gasteiger partial charge in [0.2, 0.25) is 0 Å². The van der Waals surface area contributed by atoms with Crippen molar-refractivity contribution in [3.63, 3.8) is 0 Å². The highest BCUT2D eigenvalue weighted by Crippen LogP contribution is 2.18. The average molecular weight is 331 g/mol. The van der Waals surface area contributed by atoms with Crippen molar-refractivity contribution in [3.05, 3.63) is 29.8 Å². The third kappa shape index (κ3) is 10.7. The van der Waals surface area contributed by atoms with Crippen molar-refractivity contribution in [2.45, 2.75) is 103 Å². The summed E-state index contributed by atoms with van der Waals surface area (Å²) in [6.45, 7) is 2.29. The summed E-state index contributed by atoms with van der Waals surface area (Å²) in [4.78, 5) is 0. The van der Waals surface area contributed by atoms with Crippen LogP contribution in [0.2, 0.25) is 0 Å². The Labute approximate surface area is 151 Å². The molecule has 0 aliphatic carbocycles. The molecule has 0 saturated carbocycles. The molecule has 0 aliphatic rings. The van der Waals surface area contributed by atoms with Gasteiger partial charge in [-0.05, 0) is 30.5 Å². The van der Waals surface area contributed by atoms with Gasteiger partial charge in [0.25, 0.3) is 0 Å². The number of benzene rings is 1. The lowest BCUT2D eigenvalue weighted by Gasteiger charge is -2.08. The fourth-order valence-electron chi connectivity index (χ4n) is 3.41. The molecule has 0 bridgehead atoms. The SMILES string of the molecule is CCCCCCCCCCCCCCCCc1[c]cccc1NC. The fourth-order valence-corrected chi connectivity index (χ4v) is 3.41. The Hall–Kier alpha value is -0.980. The molecule has 24 heavy (non-hydrogen) atoms. The maximum absolute atomic E-state index is 3.37. The third-order valence-electron chi connectivity index (χ3n) is 4.99. The lowest BCUT2D eigenvalue weighted by molar-refractivity contribution is 0.535. The number of unbranched alkanes of at least 4 members (excludes halogenated alkanes) is 13. The first-order chi connectivity index (χ1) is 11.9. The average Bonchev–Trinajstić information content (AvgIpc) is 2.62. The van der Waals surface area contributed by atoms with E-state index in [1.165, 1.54) is 101 Å². The van der Waals surface area contributed by atoms with Crippen molar-refractivity contribution in [1.82, 2.24) is 0 Å². The first-order valence-electron chi connectivity index (χ1n) is 10.6. The van der Waals surface area contributed by atoms with Gasteiger partial charge in [0, 0.05) is 12.7 Å². The van der Waals surface area contributed by atoms with Crippen molar-refractivity contribution < 1.29 is 0 Å². The van der Waals surface area contributed by atoms with E-state index in [0.717, 1.165) is 6.42 Å². The Kier molecular flexibility index (Phi) is 13.6.